The van der Waals surface area contributed by atoms with Crippen LogP contribution in [-0.2, 0) is 0 Å². The molecule has 0 atom stereocenters. The SMILES string of the molecule is O=C(CC=Nc1ccc(F)cc1)c1ccc(Br)cc1. The van der Waals surface area contributed by atoms with Crippen LogP contribution in [0.4, 0.5) is 10.1 Å². The topological polar surface area (TPSA) is 29.4 Å². The van der Waals surface area contributed by atoms with Crippen LogP contribution in [-0.4, -0.2) is 12.0 Å². The molecule has 0 N–H and O–H groups in total. The maximum Gasteiger partial charge on any atom is 0.168 e. The second-order valence-corrected chi connectivity index (χ2v) is 4.84. The van der Waals surface area contributed by atoms with Crippen LogP contribution in [0.3, 0.4) is 0 Å². The van der Waals surface area contributed by atoms with Crippen molar-refractivity contribution in [3.63, 3.8) is 0 Å². The number of rotatable bonds is 4. The minimum Gasteiger partial charge on any atom is -0.294 e. The summed E-state index contributed by atoms with van der Waals surface area (Å²) in [6.45, 7) is 0. The number of hydrogen-bond acceptors (Lipinski definition) is 2. The quantitative estimate of drug-likeness (QED) is 0.600. The average Bonchev–Trinajstić information content (AvgIpc) is 2.41. The molecule has 2 aromatic rings. The molecule has 0 fully saturated rings. The van der Waals surface area contributed by atoms with E-state index in [0.717, 1.165) is 4.47 Å². The molecule has 2 rings (SSSR count). The molecule has 4 heteroatoms. The van der Waals surface area contributed by atoms with Crippen molar-refractivity contribution in [2.45, 2.75) is 6.42 Å². The highest BCUT2D eigenvalue weighted by Gasteiger charge is 2.03. The summed E-state index contributed by atoms with van der Waals surface area (Å²) in [5.41, 5.74) is 1.28. The fourth-order valence-corrected chi connectivity index (χ4v) is 1.78. The largest absolute Gasteiger partial charge is 0.294 e. The highest BCUT2D eigenvalue weighted by Crippen LogP contribution is 2.13. The van der Waals surface area contributed by atoms with Gasteiger partial charge in [-0.3, -0.25) is 9.79 Å². The molecule has 0 radical (unpaired) electrons. The highest BCUT2D eigenvalue weighted by atomic mass is 79.9. The molecule has 2 aromatic carbocycles. The van der Waals surface area contributed by atoms with Gasteiger partial charge in [-0.1, -0.05) is 28.1 Å². The van der Waals surface area contributed by atoms with Gasteiger partial charge in [0.1, 0.15) is 5.82 Å². The smallest absolute Gasteiger partial charge is 0.168 e. The number of hydrogen-bond donors (Lipinski definition) is 0. The standard InChI is InChI=1S/C15H11BrFNO/c16-12-3-1-11(2-4-12)15(19)9-10-18-14-7-5-13(17)6-8-14/h1-8,10H,9H2. The number of carbonyl (C=O) groups excluding carboxylic acids is 1. The van der Waals surface area contributed by atoms with E-state index >= 15 is 0 Å². The molecule has 0 heterocycles. The molecule has 0 unspecified atom stereocenters. The van der Waals surface area contributed by atoms with E-state index < -0.39 is 0 Å². The van der Waals surface area contributed by atoms with E-state index in [1.807, 2.05) is 12.1 Å². The highest BCUT2D eigenvalue weighted by molar-refractivity contribution is 9.10. The summed E-state index contributed by atoms with van der Waals surface area (Å²) in [6.07, 6.45) is 1.76. The van der Waals surface area contributed by atoms with E-state index in [4.69, 9.17) is 0 Å². The summed E-state index contributed by atoms with van der Waals surface area (Å²) in [7, 11) is 0. The van der Waals surface area contributed by atoms with Crippen LogP contribution in [0.5, 0.6) is 0 Å². The van der Waals surface area contributed by atoms with E-state index in [-0.39, 0.29) is 18.0 Å². The first-order valence-corrected chi connectivity index (χ1v) is 6.51. The van der Waals surface area contributed by atoms with E-state index in [0.29, 0.717) is 11.3 Å². The molecular formula is C15H11BrFNO. The van der Waals surface area contributed by atoms with Gasteiger partial charge < -0.3 is 0 Å². The second kappa shape index (κ2) is 6.38. The Kier molecular flexibility index (Phi) is 4.58. The molecule has 0 aliphatic rings. The van der Waals surface area contributed by atoms with Gasteiger partial charge in [0.15, 0.2) is 5.78 Å². The molecular weight excluding hydrogens is 309 g/mol. The van der Waals surface area contributed by atoms with Crippen LogP contribution in [0.2, 0.25) is 0 Å². The third-order valence-corrected chi connectivity index (χ3v) is 3.04. The number of aliphatic imine (C=N–C) groups is 1. The Bertz CT molecular complexity index is 591. The predicted octanol–water partition coefficient (Wildman–Crippen LogP) is 4.56. The van der Waals surface area contributed by atoms with Crippen molar-refractivity contribution in [2.75, 3.05) is 0 Å². The van der Waals surface area contributed by atoms with Crippen molar-refractivity contribution in [3.8, 4) is 0 Å². The lowest BCUT2D eigenvalue weighted by Crippen LogP contribution is -1.98. The lowest BCUT2D eigenvalue weighted by molar-refractivity contribution is 0.100. The zero-order chi connectivity index (χ0) is 13.7. The zero-order valence-corrected chi connectivity index (χ0v) is 11.6. The first-order valence-electron chi connectivity index (χ1n) is 5.72. The van der Waals surface area contributed by atoms with Crippen LogP contribution in [0.1, 0.15) is 16.8 Å². The Morgan fingerprint density at radius 3 is 2.37 bits per heavy atom. The van der Waals surface area contributed by atoms with E-state index in [9.17, 15) is 9.18 Å². The number of Topliss-reactive ketones (excluding diaryl/α,β-unsaturated/α-hetero) is 1. The summed E-state index contributed by atoms with van der Waals surface area (Å²) in [5.74, 6) is -0.303. The van der Waals surface area contributed by atoms with Crippen LogP contribution in [0.25, 0.3) is 0 Å². The van der Waals surface area contributed by atoms with Crippen molar-refractivity contribution in [3.05, 3.63) is 64.4 Å². The lowest BCUT2D eigenvalue weighted by atomic mass is 10.1. The third kappa shape index (κ3) is 4.10. The van der Waals surface area contributed by atoms with Crippen molar-refractivity contribution >= 4 is 33.6 Å². The van der Waals surface area contributed by atoms with E-state index in [1.165, 1.54) is 18.3 Å². The maximum atomic E-state index is 12.7. The maximum absolute atomic E-state index is 12.7. The number of carbonyl (C=O) groups is 1. The van der Waals surface area contributed by atoms with Crippen molar-refractivity contribution in [1.82, 2.24) is 0 Å². The Hall–Kier alpha value is -1.81. The molecule has 0 amide bonds. The predicted molar refractivity (Wildman–Crippen MR) is 77.6 cm³/mol. The molecule has 96 valence electrons. The van der Waals surface area contributed by atoms with Gasteiger partial charge in [0.2, 0.25) is 0 Å². The second-order valence-electron chi connectivity index (χ2n) is 3.92. The molecule has 0 saturated heterocycles. The molecule has 0 aromatic heterocycles. The summed E-state index contributed by atoms with van der Waals surface area (Å²) < 4.78 is 13.6. The first kappa shape index (κ1) is 13.6. The molecule has 0 spiro atoms. The van der Waals surface area contributed by atoms with Crippen LogP contribution < -0.4 is 0 Å². The van der Waals surface area contributed by atoms with E-state index in [1.54, 1.807) is 24.3 Å². The fraction of sp³-hybridized carbons (Fsp3) is 0.0667. The zero-order valence-electron chi connectivity index (χ0n) is 10.0. The summed E-state index contributed by atoms with van der Waals surface area (Å²) in [6, 6.07) is 13.0. The first-order chi connectivity index (χ1) is 9.15. The van der Waals surface area contributed by atoms with Crippen molar-refractivity contribution in [1.29, 1.82) is 0 Å². The Balaban J connectivity index is 1.96. The summed E-state index contributed by atoms with van der Waals surface area (Å²) >= 11 is 3.32. The molecule has 0 saturated carbocycles. The number of nitrogens with zero attached hydrogens (tertiary/aromatic N) is 1. The molecule has 0 aliphatic carbocycles. The third-order valence-electron chi connectivity index (χ3n) is 2.51. The monoisotopic (exact) mass is 319 g/mol. The van der Waals surface area contributed by atoms with Crippen molar-refractivity contribution < 1.29 is 9.18 Å². The Labute approximate surface area is 119 Å². The average molecular weight is 320 g/mol. The number of benzene rings is 2. The van der Waals surface area contributed by atoms with Gasteiger partial charge in [0, 0.05) is 22.7 Å². The van der Waals surface area contributed by atoms with Gasteiger partial charge in [0.05, 0.1) is 5.69 Å². The molecule has 0 aliphatic heterocycles. The summed E-state index contributed by atoms with van der Waals surface area (Å²) in [5, 5.41) is 0. The number of halogens is 2. The van der Waals surface area contributed by atoms with Crippen molar-refractivity contribution in [2.24, 2.45) is 4.99 Å². The van der Waals surface area contributed by atoms with Gasteiger partial charge in [-0.25, -0.2) is 4.39 Å². The van der Waals surface area contributed by atoms with Gasteiger partial charge in [-0.05, 0) is 36.4 Å². The van der Waals surface area contributed by atoms with Crippen LogP contribution in [0.15, 0.2) is 58.0 Å². The minimum atomic E-state index is -0.301. The van der Waals surface area contributed by atoms with Gasteiger partial charge >= 0.3 is 0 Å². The number of ketones is 1. The lowest BCUT2D eigenvalue weighted by Gasteiger charge is -1.97. The van der Waals surface area contributed by atoms with Gasteiger partial charge in [-0.2, -0.15) is 0 Å². The fourth-order valence-electron chi connectivity index (χ4n) is 1.51. The molecule has 0 bridgehead atoms. The summed E-state index contributed by atoms with van der Waals surface area (Å²) in [4.78, 5) is 15.9. The molecule has 19 heavy (non-hydrogen) atoms. The Morgan fingerprint density at radius 1 is 1.11 bits per heavy atom. The Morgan fingerprint density at radius 2 is 1.74 bits per heavy atom. The van der Waals surface area contributed by atoms with Crippen LogP contribution in [0, 0.1) is 5.82 Å². The van der Waals surface area contributed by atoms with Gasteiger partial charge in [0.25, 0.3) is 0 Å². The minimum absolute atomic E-state index is 0.00152. The molecule has 2 nitrogen and oxygen atoms in total. The van der Waals surface area contributed by atoms with Gasteiger partial charge in [-0.15, -0.1) is 0 Å². The van der Waals surface area contributed by atoms with E-state index in [2.05, 4.69) is 20.9 Å². The van der Waals surface area contributed by atoms with Crippen LogP contribution >= 0.6 is 15.9 Å². The normalized spacial score (nSPS) is 10.8.